The zero-order chi connectivity index (χ0) is 20.1. The first kappa shape index (κ1) is 19.5. The summed E-state index contributed by atoms with van der Waals surface area (Å²) in [6.45, 7) is 4.10. The van der Waals surface area contributed by atoms with Crippen molar-refractivity contribution < 1.29 is 13.9 Å². The number of nitrogens with two attached hydrogens (primary N) is 1. The lowest BCUT2D eigenvalue weighted by Crippen LogP contribution is -2.32. The number of nitrogens with one attached hydrogen (secondary N) is 1. The fourth-order valence-corrected chi connectivity index (χ4v) is 7.40. The van der Waals surface area contributed by atoms with E-state index in [2.05, 4.69) is 30.3 Å². The van der Waals surface area contributed by atoms with Crippen LogP contribution < -0.4 is 5.73 Å². The maximum absolute atomic E-state index is 12.1. The summed E-state index contributed by atoms with van der Waals surface area (Å²) in [5, 5.41) is 4.97. The number of carbonyl (C=O) groups is 1. The monoisotopic (exact) mass is 418 g/mol. The van der Waals surface area contributed by atoms with Gasteiger partial charge in [-0.1, -0.05) is 13.8 Å². The average Bonchev–Trinajstić information content (AvgIpc) is 3.30. The predicted molar refractivity (Wildman–Crippen MR) is 118 cm³/mol. The highest BCUT2D eigenvalue weighted by atomic mass is 32.3. The number of hydrogen-bond donors (Lipinski definition) is 4. The first-order chi connectivity index (χ1) is 13.3. The largest absolute Gasteiger partial charge is 0.366 e. The third-order valence-electron chi connectivity index (χ3n) is 5.89. The number of hydrogen-bond acceptors (Lipinski definition) is 4. The van der Waals surface area contributed by atoms with Crippen LogP contribution in [0, 0.1) is 5.92 Å². The molecular weight excluding hydrogens is 392 g/mol. The van der Waals surface area contributed by atoms with Crippen molar-refractivity contribution in [3.63, 3.8) is 0 Å². The lowest BCUT2D eigenvalue weighted by Gasteiger charge is -2.48. The van der Waals surface area contributed by atoms with Crippen molar-refractivity contribution in [2.45, 2.75) is 37.9 Å². The van der Waals surface area contributed by atoms with E-state index in [1.165, 1.54) is 0 Å². The standard InChI is InChI=1S/C21H26N2O3S2/c1-12(2)19-9-13(4-6-28(19,25)26)18-10-23-20-16(18)7-15(8-17(20)21(22)24)14-3-5-27-11-14/h3,5,7-8,10-13,19,23,25-26H,4,6,9H2,1-2H3,(H2,22,24)/t13-,19-/m1/s1. The summed E-state index contributed by atoms with van der Waals surface area (Å²) in [5.41, 5.74) is 10.1. The Labute approximate surface area is 170 Å². The Bertz CT molecular complexity index is 1010. The van der Waals surface area contributed by atoms with Crippen LogP contribution in [0.4, 0.5) is 0 Å². The molecule has 4 rings (SSSR count). The molecule has 0 saturated carbocycles. The van der Waals surface area contributed by atoms with Crippen molar-refractivity contribution in [2.75, 3.05) is 5.75 Å². The molecule has 1 fully saturated rings. The molecule has 3 heterocycles. The van der Waals surface area contributed by atoms with Gasteiger partial charge in [-0.25, -0.2) is 0 Å². The number of H-pyrrole nitrogens is 1. The number of carbonyl (C=O) groups excluding carboxylic acids is 1. The van der Waals surface area contributed by atoms with Crippen molar-refractivity contribution >= 4 is 38.7 Å². The Balaban J connectivity index is 1.81. The second kappa shape index (κ2) is 7.22. The van der Waals surface area contributed by atoms with Crippen LogP contribution in [0.2, 0.25) is 0 Å². The predicted octanol–water partition coefficient (Wildman–Crippen LogP) is 5.65. The fourth-order valence-electron chi connectivity index (χ4n) is 4.39. The molecule has 1 aromatic carbocycles. The third kappa shape index (κ3) is 3.37. The molecule has 1 amide bonds. The van der Waals surface area contributed by atoms with Gasteiger partial charge in [0.05, 0.1) is 16.3 Å². The molecule has 1 saturated heterocycles. The zero-order valence-electron chi connectivity index (χ0n) is 16.0. The van der Waals surface area contributed by atoms with Gasteiger partial charge in [-0.2, -0.15) is 21.9 Å². The van der Waals surface area contributed by atoms with Gasteiger partial charge in [-0.15, -0.1) is 0 Å². The lowest BCUT2D eigenvalue weighted by atomic mass is 9.87. The van der Waals surface area contributed by atoms with E-state index in [9.17, 15) is 13.9 Å². The minimum atomic E-state index is -2.55. The quantitative estimate of drug-likeness (QED) is 0.440. The summed E-state index contributed by atoms with van der Waals surface area (Å²) < 4.78 is 21.0. The maximum Gasteiger partial charge on any atom is 0.250 e. The SMILES string of the molecule is CC(C)[C@H]1C[C@H](c2c[nH]c3c(C(N)=O)cc(-c4ccsc4)cc23)CCS1(O)O. The summed E-state index contributed by atoms with van der Waals surface area (Å²) in [6, 6.07) is 6.00. The van der Waals surface area contributed by atoms with Gasteiger partial charge in [0.25, 0.3) is 5.91 Å². The number of thiophene rings is 1. The van der Waals surface area contributed by atoms with E-state index < -0.39 is 16.5 Å². The highest BCUT2D eigenvalue weighted by Gasteiger charge is 2.37. The number of benzene rings is 1. The van der Waals surface area contributed by atoms with E-state index in [1.807, 2.05) is 23.7 Å². The molecule has 28 heavy (non-hydrogen) atoms. The highest BCUT2D eigenvalue weighted by molar-refractivity contribution is 8.24. The van der Waals surface area contributed by atoms with Crippen molar-refractivity contribution in [2.24, 2.45) is 11.7 Å². The smallest absolute Gasteiger partial charge is 0.250 e. The molecule has 0 unspecified atom stereocenters. The second-order valence-electron chi connectivity index (χ2n) is 7.99. The highest BCUT2D eigenvalue weighted by Crippen LogP contribution is 2.56. The van der Waals surface area contributed by atoms with Crippen LogP contribution in [0.3, 0.4) is 0 Å². The lowest BCUT2D eigenvalue weighted by molar-refractivity contribution is 0.100. The molecule has 2 aromatic heterocycles. The molecule has 1 aliphatic rings. The van der Waals surface area contributed by atoms with E-state index >= 15 is 0 Å². The second-order valence-corrected chi connectivity index (χ2v) is 11.2. The van der Waals surface area contributed by atoms with Crippen LogP contribution in [0.15, 0.2) is 35.2 Å². The van der Waals surface area contributed by atoms with Gasteiger partial charge >= 0.3 is 0 Å². The molecule has 1 aliphatic heterocycles. The summed E-state index contributed by atoms with van der Waals surface area (Å²) in [7, 11) is -2.55. The van der Waals surface area contributed by atoms with Gasteiger partial charge in [0.15, 0.2) is 0 Å². The number of rotatable bonds is 4. The van der Waals surface area contributed by atoms with E-state index in [4.69, 9.17) is 5.73 Å². The van der Waals surface area contributed by atoms with Crippen LogP contribution >= 0.6 is 21.9 Å². The zero-order valence-corrected chi connectivity index (χ0v) is 17.6. The fraction of sp³-hybridized carbons (Fsp3) is 0.381. The number of aromatic nitrogens is 1. The van der Waals surface area contributed by atoms with E-state index in [-0.39, 0.29) is 17.1 Å². The normalized spacial score (nSPS) is 23.2. The summed E-state index contributed by atoms with van der Waals surface area (Å²) in [6.07, 6.45) is 3.43. The topological polar surface area (TPSA) is 99.3 Å². The molecular formula is C21H26N2O3S2. The molecule has 5 nitrogen and oxygen atoms in total. The minimum absolute atomic E-state index is 0.105. The van der Waals surface area contributed by atoms with Crippen LogP contribution in [0.25, 0.3) is 22.0 Å². The summed E-state index contributed by atoms with van der Waals surface area (Å²) in [5.74, 6) is 0.411. The first-order valence-corrected chi connectivity index (χ1v) is 12.2. The minimum Gasteiger partial charge on any atom is -0.366 e. The number of primary amides is 1. The molecule has 0 spiro atoms. The van der Waals surface area contributed by atoms with Crippen molar-refractivity contribution in [1.82, 2.24) is 4.98 Å². The van der Waals surface area contributed by atoms with Gasteiger partial charge in [0.1, 0.15) is 0 Å². The maximum atomic E-state index is 12.1. The van der Waals surface area contributed by atoms with Crippen molar-refractivity contribution in [1.29, 1.82) is 0 Å². The summed E-state index contributed by atoms with van der Waals surface area (Å²) in [4.78, 5) is 15.3. The molecule has 0 aliphatic carbocycles. The van der Waals surface area contributed by atoms with E-state index in [1.54, 1.807) is 11.3 Å². The van der Waals surface area contributed by atoms with Gasteiger partial charge in [-0.05, 0) is 70.3 Å². The van der Waals surface area contributed by atoms with Crippen LogP contribution in [0.1, 0.15) is 48.5 Å². The Morgan fingerprint density at radius 3 is 2.75 bits per heavy atom. The molecule has 3 aromatic rings. The molecule has 0 bridgehead atoms. The van der Waals surface area contributed by atoms with Crippen molar-refractivity contribution in [3.8, 4) is 11.1 Å². The molecule has 150 valence electrons. The van der Waals surface area contributed by atoms with Gasteiger partial charge in [0, 0.05) is 17.3 Å². The Kier molecular flexibility index (Phi) is 5.03. The summed E-state index contributed by atoms with van der Waals surface area (Å²) >= 11 is 1.61. The number of fused-ring (bicyclic) bond motifs is 1. The van der Waals surface area contributed by atoms with Crippen LogP contribution in [-0.4, -0.2) is 31.0 Å². The Morgan fingerprint density at radius 2 is 2.11 bits per heavy atom. The van der Waals surface area contributed by atoms with Gasteiger partial charge in [-0.3, -0.25) is 13.9 Å². The third-order valence-corrected chi connectivity index (χ3v) is 9.12. The van der Waals surface area contributed by atoms with E-state index in [0.29, 0.717) is 11.3 Å². The van der Waals surface area contributed by atoms with Crippen LogP contribution in [0.5, 0.6) is 0 Å². The molecule has 7 heteroatoms. The average molecular weight is 419 g/mol. The number of amides is 1. The van der Waals surface area contributed by atoms with Gasteiger partial charge in [0.2, 0.25) is 0 Å². The molecule has 5 N–H and O–H groups in total. The Hall–Kier alpha value is -1.80. The molecule has 2 atom stereocenters. The van der Waals surface area contributed by atoms with Crippen LogP contribution in [-0.2, 0) is 0 Å². The van der Waals surface area contributed by atoms with Gasteiger partial charge < -0.3 is 10.7 Å². The Morgan fingerprint density at radius 1 is 1.32 bits per heavy atom. The van der Waals surface area contributed by atoms with E-state index in [0.717, 1.165) is 40.4 Å². The number of aromatic amines is 1. The first-order valence-electron chi connectivity index (χ1n) is 9.50. The van der Waals surface area contributed by atoms with Crippen molar-refractivity contribution in [3.05, 3.63) is 46.3 Å². The molecule has 0 radical (unpaired) electrons.